The molecule has 90 valence electrons. The second kappa shape index (κ2) is 4.20. The monoisotopic (exact) mass is 240 g/mol. The molecule has 0 N–H and O–H groups in total. The molecule has 0 atom stereocenters. The summed E-state index contributed by atoms with van der Waals surface area (Å²) in [6.07, 6.45) is 4.22. The number of nitrogens with zero attached hydrogens (tertiary/aromatic N) is 6. The summed E-state index contributed by atoms with van der Waals surface area (Å²) in [6, 6.07) is 3.91. The quantitative estimate of drug-likeness (QED) is 0.726. The van der Waals surface area contributed by atoms with E-state index in [9.17, 15) is 0 Å². The fraction of sp³-hybridized carbons (Fsp3) is 0.333. The van der Waals surface area contributed by atoms with Gasteiger partial charge < -0.3 is 4.90 Å². The van der Waals surface area contributed by atoms with Gasteiger partial charge in [0.2, 0.25) is 0 Å². The van der Waals surface area contributed by atoms with Crippen LogP contribution >= 0.6 is 0 Å². The zero-order chi connectivity index (χ0) is 12.5. The molecule has 2 aromatic heterocycles. The Labute approximate surface area is 105 Å². The SMILES string of the molecule is CN1CCc2c(c(C#N)nn2-c2ncccn2)C1. The number of hydrogen-bond acceptors (Lipinski definition) is 5. The van der Waals surface area contributed by atoms with Crippen molar-refractivity contribution >= 4 is 0 Å². The summed E-state index contributed by atoms with van der Waals surface area (Å²) >= 11 is 0. The van der Waals surface area contributed by atoms with Crippen LogP contribution in [0.1, 0.15) is 17.0 Å². The number of aromatic nitrogens is 4. The Morgan fingerprint density at radius 1 is 1.33 bits per heavy atom. The second-order valence-corrected chi connectivity index (χ2v) is 4.33. The van der Waals surface area contributed by atoms with Gasteiger partial charge in [-0.1, -0.05) is 0 Å². The predicted octanol–water partition coefficient (Wildman–Crippen LogP) is 0.522. The highest BCUT2D eigenvalue weighted by molar-refractivity contribution is 5.39. The van der Waals surface area contributed by atoms with Crippen molar-refractivity contribution in [3.63, 3.8) is 0 Å². The molecule has 3 rings (SSSR count). The lowest BCUT2D eigenvalue weighted by atomic mass is 10.1. The van der Waals surface area contributed by atoms with Crippen LogP contribution in [0.5, 0.6) is 0 Å². The molecule has 0 saturated heterocycles. The standard InChI is InChI=1S/C12H12N6/c1-17-6-3-11-9(8-17)10(7-13)16-18(11)12-14-4-2-5-15-12/h2,4-5H,3,6,8H2,1H3. The third kappa shape index (κ3) is 1.65. The number of nitriles is 1. The molecule has 2 aromatic rings. The van der Waals surface area contributed by atoms with E-state index in [0.717, 1.165) is 30.8 Å². The molecule has 18 heavy (non-hydrogen) atoms. The van der Waals surface area contributed by atoms with Crippen LogP contribution in [0.2, 0.25) is 0 Å². The Kier molecular flexibility index (Phi) is 2.54. The van der Waals surface area contributed by atoms with E-state index in [1.807, 2.05) is 7.05 Å². The van der Waals surface area contributed by atoms with E-state index in [-0.39, 0.29) is 0 Å². The molecule has 0 fully saturated rings. The van der Waals surface area contributed by atoms with E-state index in [1.165, 1.54) is 0 Å². The Hall–Kier alpha value is -2.26. The highest BCUT2D eigenvalue weighted by atomic mass is 15.4. The van der Waals surface area contributed by atoms with Crippen LogP contribution in [0.4, 0.5) is 0 Å². The van der Waals surface area contributed by atoms with E-state index in [1.54, 1.807) is 23.1 Å². The molecular weight excluding hydrogens is 228 g/mol. The van der Waals surface area contributed by atoms with Crippen LogP contribution in [0.15, 0.2) is 18.5 Å². The number of fused-ring (bicyclic) bond motifs is 1. The fourth-order valence-electron chi connectivity index (χ4n) is 2.21. The van der Waals surface area contributed by atoms with Gasteiger partial charge in [0.05, 0.1) is 5.69 Å². The molecule has 6 heteroatoms. The number of likely N-dealkylation sites (N-methyl/N-ethyl adjacent to an activating group) is 1. The maximum atomic E-state index is 9.15. The average Bonchev–Trinajstić information content (AvgIpc) is 2.77. The molecule has 0 bridgehead atoms. The summed E-state index contributed by atoms with van der Waals surface area (Å²) in [4.78, 5) is 10.6. The summed E-state index contributed by atoms with van der Waals surface area (Å²) < 4.78 is 1.70. The lowest BCUT2D eigenvalue weighted by Gasteiger charge is -2.22. The van der Waals surface area contributed by atoms with Gasteiger partial charge in [-0.15, -0.1) is 0 Å². The van der Waals surface area contributed by atoms with Crippen LogP contribution < -0.4 is 0 Å². The first-order valence-corrected chi connectivity index (χ1v) is 5.76. The largest absolute Gasteiger partial charge is 0.302 e. The minimum Gasteiger partial charge on any atom is -0.302 e. The van der Waals surface area contributed by atoms with E-state index >= 15 is 0 Å². The van der Waals surface area contributed by atoms with Gasteiger partial charge >= 0.3 is 0 Å². The van der Waals surface area contributed by atoms with Crippen molar-refractivity contribution in [3.05, 3.63) is 35.4 Å². The van der Waals surface area contributed by atoms with Gasteiger partial charge in [0, 0.05) is 37.5 Å². The third-order valence-electron chi connectivity index (χ3n) is 3.10. The number of hydrogen-bond donors (Lipinski definition) is 0. The molecule has 1 aliphatic heterocycles. The fourth-order valence-corrected chi connectivity index (χ4v) is 2.21. The molecule has 0 aliphatic carbocycles. The normalized spacial score (nSPS) is 15.1. The molecule has 1 aliphatic rings. The van der Waals surface area contributed by atoms with E-state index < -0.39 is 0 Å². The van der Waals surface area contributed by atoms with Crippen molar-refractivity contribution in [2.45, 2.75) is 13.0 Å². The van der Waals surface area contributed by atoms with E-state index in [2.05, 4.69) is 26.0 Å². The molecule has 3 heterocycles. The topological polar surface area (TPSA) is 70.6 Å². The van der Waals surface area contributed by atoms with Crippen molar-refractivity contribution < 1.29 is 0 Å². The van der Waals surface area contributed by atoms with Crippen LogP contribution in [0.3, 0.4) is 0 Å². The Balaban J connectivity index is 2.15. The second-order valence-electron chi connectivity index (χ2n) is 4.33. The van der Waals surface area contributed by atoms with Crippen molar-refractivity contribution in [1.82, 2.24) is 24.6 Å². The van der Waals surface area contributed by atoms with Gasteiger partial charge in [0.15, 0.2) is 5.69 Å². The Morgan fingerprint density at radius 2 is 2.11 bits per heavy atom. The molecule has 0 unspecified atom stereocenters. The van der Waals surface area contributed by atoms with Crippen LogP contribution in [0.25, 0.3) is 5.95 Å². The molecular formula is C12H12N6. The van der Waals surface area contributed by atoms with Crippen molar-refractivity contribution in [1.29, 1.82) is 5.26 Å². The Bertz CT molecular complexity index is 609. The molecule has 0 saturated carbocycles. The van der Waals surface area contributed by atoms with E-state index in [0.29, 0.717) is 11.6 Å². The van der Waals surface area contributed by atoms with Gasteiger partial charge in [-0.25, -0.2) is 14.6 Å². The van der Waals surface area contributed by atoms with E-state index in [4.69, 9.17) is 5.26 Å². The third-order valence-corrected chi connectivity index (χ3v) is 3.10. The van der Waals surface area contributed by atoms with Crippen molar-refractivity contribution in [2.24, 2.45) is 0 Å². The minimum absolute atomic E-state index is 0.476. The highest BCUT2D eigenvalue weighted by Crippen LogP contribution is 2.22. The first-order chi connectivity index (χ1) is 8.79. The van der Waals surface area contributed by atoms with Gasteiger partial charge in [-0.3, -0.25) is 0 Å². The first-order valence-electron chi connectivity index (χ1n) is 5.76. The summed E-state index contributed by atoms with van der Waals surface area (Å²) in [5, 5.41) is 13.5. The molecule has 0 aromatic carbocycles. The van der Waals surface area contributed by atoms with Crippen molar-refractivity contribution in [2.75, 3.05) is 13.6 Å². The smallest absolute Gasteiger partial charge is 0.250 e. The van der Waals surface area contributed by atoms with Gasteiger partial charge in [0.25, 0.3) is 5.95 Å². The van der Waals surface area contributed by atoms with Crippen LogP contribution in [0, 0.1) is 11.3 Å². The van der Waals surface area contributed by atoms with Crippen molar-refractivity contribution in [3.8, 4) is 12.0 Å². The zero-order valence-electron chi connectivity index (χ0n) is 10.0. The summed E-state index contributed by atoms with van der Waals surface area (Å²) in [5.74, 6) is 0.528. The maximum Gasteiger partial charge on any atom is 0.250 e. The predicted molar refractivity (Wildman–Crippen MR) is 63.9 cm³/mol. The highest BCUT2D eigenvalue weighted by Gasteiger charge is 2.24. The average molecular weight is 240 g/mol. The lowest BCUT2D eigenvalue weighted by molar-refractivity contribution is 0.309. The van der Waals surface area contributed by atoms with Gasteiger partial charge in [-0.05, 0) is 13.1 Å². The van der Waals surface area contributed by atoms with Crippen LogP contribution in [-0.4, -0.2) is 38.2 Å². The van der Waals surface area contributed by atoms with Gasteiger partial charge in [0.1, 0.15) is 6.07 Å². The zero-order valence-corrected chi connectivity index (χ0v) is 10.0. The molecule has 0 radical (unpaired) electrons. The summed E-state index contributed by atoms with van der Waals surface area (Å²) in [5.41, 5.74) is 2.53. The molecule has 6 nitrogen and oxygen atoms in total. The Morgan fingerprint density at radius 3 is 2.83 bits per heavy atom. The number of rotatable bonds is 1. The maximum absolute atomic E-state index is 9.15. The first kappa shape index (κ1) is 10.9. The van der Waals surface area contributed by atoms with Gasteiger partial charge in [-0.2, -0.15) is 10.4 Å². The molecule has 0 spiro atoms. The molecule has 0 amide bonds. The summed E-state index contributed by atoms with van der Waals surface area (Å²) in [7, 11) is 2.04. The minimum atomic E-state index is 0.476. The van der Waals surface area contributed by atoms with Crippen LogP contribution in [-0.2, 0) is 13.0 Å². The summed E-state index contributed by atoms with van der Waals surface area (Å²) in [6.45, 7) is 1.71. The lowest BCUT2D eigenvalue weighted by Crippen LogP contribution is -2.27.